The van der Waals surface area contributed by atoms with Gasteiger partial charge >= 0.3 is 6.03 Å². The molecule has 0 saturated carbocycles. The van der Waals surface area contributed by atoms with E-state index in [1.54, 1.807) is 28.5 Å². The van der Waals surface area contributed by atoms with E-state index in [0.717, 1.165) is 5.56 Å². The molecule has 0 aliphatic rings. The first-order valence-electron chi connectivity index (χ1n) is 8.15. The molecule has 26 heavy (non-hydrogen) atoms. The van der Waals surface area contributed by atoms with E-state index in [1.165, 1.54) is 11.2 Å². The predicted molar refractivity (Wildman–Crippen MR) is 100 cm³/mol. The molecule has 3 heterocycles. The molecular formula is C17H21N7OS. The third kappa shape index (κ3) is 4.44. The van der Waals surface area contributed by atoms with Gasteiger partial charge in [0.25, 0.3) is 0 Å². The van der Waals surface area contributed by atoms with Crippen LogP contribution in [0.5, 0.6) is 0 Å². The van der Waals surface area contributed by atoms with Crippen molar-refractivity contribution in [3.63, 3.8) is 0 Å². The smallest absolute Gasteiger partial charge is 0.315 e. The van der Waals surface area contributed by atoms with Crippen LogP contribution in [0.15, 0.2) is 48.5 Å². The standard InChI is InChI=1S/C17H21N7OS/c1-23(2)14(15-6-4-8-26-15)10-21-17(25)20-9-13-5-3-7-19-16(13)24-12-18-11-22-24/h3-8,11-12,14H,9-10H2,1-2H3,(H2,20,21,25). The van der Waals surface area contributed by atoms with Gasteiger partial charge in [0.2, 0.25) is 0 Å². The highest BCUT2D eigenvalue weighted by molar-refractivity contribution is 7.10. The van der Waals surface area contributed by atoms with Crippen molar-refractivity contribution in [3.8, 4) is 5.82 Å². The number of aromatic nitrogens is 4. The Morgan fingerprint density at radius 2 is 2.19 bits per heavy atom. The quantitative estimate of drug-likeness (QED) is 0.661. The van der Waals surface area contributed by atoms with Crippen molar-refractivity contribution in [1.29, 1.82) is 0 Å². The predicted octanol–water partition coefficient (Wildman–Crippen LogP) is 1.83. The molecular weight excluding hydrogens is 350 g/mol. The van der Waals surface area contributed by atoms with E-state index in [4.69, 9.17) is 0 Å². The van der Waals surface area contributed by atoms with Crippen molar-refractivity contribution in [2.45, 2.75) is 12.6 Å². The summed E-state index contributed by atoms with van der Waals surface area (Å²) in [5.74, 6) is 0.648. The normalized spacial score (nSPS) is 12.1. The van der Waals surface area contributed by atoms with Crippen molar-refractivity contribution < 1.29 is 4.79 Å². The SMILES string of the molecule is CN(C)C(CNC(=O)NCc1cccnc1-n1cncn1)c1cccs1. The number of amides is 2. The monoisotopic (exact) mass is 371 g/mol. The molecule has 1 unspecified atom stereocenters. The number of hydrogen-bond donors (Lipinski definition) is 2. The fourth-order valence-electron chi connectivity index (χ4n) is 2.54. The number of pyridine rings is 1. The van der Waals surface area contributed by atoms with Crippen molar-refractivity contribution in [1.82, 2.24) is 35.3 Å². The van der Waals surface area contributed by atoms with Crippen LogP contribution < -0.4 is 10.6 Å². The molecule has 8 nitrogen and oxygen atoms in total. The summed E-state index contributed by atoms with van der Waals surface area (Å²) >= 11 is 1.68. The summed E-state index contributed by atoms with van der Waals surface area (Å²) in [5.41, 5.74) is 0.857. The van der Waals surface area contributed by atoms with Crippen molar-refractivity contribution >= 4 is 17.4 Å². The summed E-state index contributed by atoms with van der Waals surface area (Å²) in [6.45, 7) is 0.878. The Labute approximate surface area is 155 Å². The average molecular weight is 371 g/mol. The maximum absolute atomic E-state index is 12.2. The number of rotatable bonds is 7. The number of carbonyl (C=O) groups excluding carboxylic acids is 1. The highest BCUT2D eigenvalue weighted by Gasteiger charge is 2.16. The van der Waals surface area contributed by atoms with Gasteiger partial charge in [0.1, 0.15) is 12.7 Å². The average Bonchev–Trinajstić information content (AvgIpc) is 3.34. The summed E-state index contributed by atoms with van der Waals surface area (Å²) in [5, 5.41) is 11.9. The van der Waals surface area contributed by atoms with E-state index in [-0.39, 0.29) is 12.1 Å². The number of hydrogen-bond acceptors (Lipinski definition) is 6. The number of thiophene rings is 1. The molecule has 3 rings (SSSR count). The van der Waals surface area contributed by atoms with E-state index in [2.05, 4.69) is 36.7 Å². The van der Waals surface area contributed by atoms with Gasteiger partial charge in [-0.3, -0.25) is 0 Å². The van der Waals surface area contributed by atoms with Gasteiger partial charge in [-0.2, -0.15) is 5.10 Å². The Morgan fingerprint density at radius 1 is 1.31 bits per heavy atom. The van der Waals surface area contributed by atoms with Gasteiger partial charge in [-0.05, 0) is 31.6 Å². The zero-order valence-electron chi connectivity index (χ0n) is 14.7. The van der Waals surface area contributed by atoms with Gasteiger partial charge < -0.3 is 15.5 Å². The minimum absolute atomic E-state index is 0.143. The number of likely N-dealkylation sites (N-methyl/N-ethyl adjacent to an activating group) is 1. The molecule has 1 atom stereocenters. The minimum Gasteiger partial charge on any atom is -0.336 e. The summed E-state index contributed by atoms with van der Waals surface area (Å²) in [7, 11) is 4.01. The molecule has 3 aromatic heterocycles. The lowest BCUT2D eigenvalue weighted by molar-refractivity contribution is 0.233. The van der Waals surface area contributed by atoms with Crippen LogP contribution in [0.4, 0.5) is 4.79 Å². The highest BCUT2D eigenvalue weighted by atomic mass is 32.1. The molecule has 0 bridgehead atoms. The number of urea groups is 1. The fraction of sp³-hybridized carbons (Fsp3) is 0.294. The van der Waals surface area contributed by atoms with Crippen LogP contribution in [0.1, 0.15) is 16.5 Å². The lowest BCUT2D eigenvalue weighted by atomic mass is 10.2. The maximum Gasteiger partial charge on any atom is 0.315 e. The minimum atomic E-state index is -0.221. The summed E-state index contributed by atoms with van der Waals surface area (Å²) in [6, 6.07) is 7.75. The summed E-state index contributed by atoms with van der Waals surface area (Å²) < 4.78 is 1.58. The molecule has 0 spiro atoms. The van der Waals surface area contributed by atoms with Gasteiger partial charge in [0, 0.05) is 29.7 Å². The molecule has 9 heteroatoms. The van der Waals surface area contributed by atoms with Gasteiger partial charge in [-0.1, -0.05) is 12.1 Å². The van der Waals surface area contributed by atoms with Crippen LogP contribution in [0.3, 0.4) is 0 Å². The first kappa shape index (κ1) is 18.0. The Morgan fingerprint density at radius 3 is 2.88 bits per heavy atom. The third-order valence-electron chi connectivity index (χ3n) is 3.89. The Balaban J connectivity index is 1.57. The molecule has 2 N–H and O–H groups in total. The maximum atomic E-state index is 12.2. The fourth-order valence-corrected chi connectivity index (χ4v) is 3.46. The number of nitrogens with one attached hydrogen (secondary N) is 2. The zero-order valence-corrected chi connectivity index (χ0v) is 15.5. The van der Waals surface area contributed by atoms with Gasteiger partial charge in [0.05, 0.1) is 6.04 Å². The van der Waals surface area contributed by atoms with E-state index >= 15 is 0 Å². The van der Waals surface area contributed by atoms with E-state index in [9.17, 15) is 4.79 Å². The number of nitrogens with zero attached hydrogens (tertiary/aromatic N) is 5. The first-order chi connectivity index (χ1) is 12.6. The van der Waals surface area contributed by atoms with Gasteiger partial charge in [0.15, 0.2) is 5.82 Å². The van der Waals surface area contributed by atoms with E-state index in [1.807, 2.05) is 37.7 Å². The zero-order chi connectivity index (χ0) is 18.4. The second-order valence-corrected chi connectivity index (χ2v) is 6.86. The Kier molecular flexibility index (Phi) is 5.92. The van der Waals surface area contributed by atoms with Crippen LogP contribution >= 0.6 is 11.3 Å². The lowest BCUT2D eigenvalue weighted by Crippen LogP contribution is -2.40. The van der Waals surface area contributed by atoms with Crippen LogP contribution in [0.25, 0.3) is 5.82 Å². The van der Waals surface area contributed by atoms with Crippen LogP contribution in [-0.4, -0.2) is 51.3 Å². The molecule has 0 saturated heterocycles. The van der Waals surface area contributed by atoms with Gasteiger partial charge in [-0.25, -0.2) is 19.4 Å². The van der Waals surface area contributed by atoms with Crippen LogP contribution in [0.2, 0.25) is 0 Å². The molecule has 0 radical (unpaired) electrons. The van der Waals surface area contributed by atoms with Crippen molar-refractivity contribution in [3.05, 3.63) is 58.9 Å². The number of carbonyl (C=O) groups is 1. The third-order valence-corrected chi connectivity index (χ3v) is 4.87. The Bertz CT molecular complexity index is 818. The van der Waals surface area contributed by atoms with E-state index < -0.39 is 0 Å². The van der Waals surface area contributed by atoms with Crippen molar-refractivity contribution in [2.75, 3.05) is 20.6 Å². The molecule has 0 aliphatic carbocycles. The molecule has 0 fully saturated rings. The second kappa shape index (κ2) is 8.54. The largest absolute Gasteiger partial charge is 0.336 e. The molecule has 0 aromatic carbocycles. The molecule has 3 aromatic rings. The second-order valence-electron chi connectivity index (χ2n) is 5.88. The first-order valence-corrected chi connectivity index (χ1v) is 9.03. The molecule has 2 amide bonds. The molecule has 0 aliphatic heterocycles. The van der Waals surface area contributed by atoms with E-state index in [0.29, 0.717) is 18.9 Å². The highest BCUT2D eigenvalue weighted by Crippen LogP contribution is 2.22. The van der Waals surface area contributed by atoms with Crippen LogP contribution in [0, 0.1) is 0 Å². The van der Waals surface area contributed by atoms with Crippen LogP contribution in [-0.2, 0) is 6.54 Å². The topological polar surface area (TPSA) is 88.0 Å². The van der Waals surface area contributed by atoms with Gasteiger partial charge in [-0.15, -0.1) is 11.3 Å². The summed E-state index contributed by atoms with van der Waals surface area (Å²) in [4.78, 5) is 23.8. The Hall–Kier alpha value is -2.78. The summed E-state index contributed by atoms with van der Waals surface area (Å²) in [6.07, 6.45) is 4.71. The lowest BCUT2D eigenvalue weighted by Gasteiger charge is -2.23. The molecule has 136 valence electrons. The van der Waals surface area contributed by atoms with Crippen molar-refractivity contribution in [2.24, 2.45) is 0 Å².